The number of nitrogens with one attached hydrogen (secondary N) is 1. The molecule has 0 aliphatic carbocycles. The van der Waals surface area contributed by atoms with E-state index in [4.69, 9.17) is 21.7 Å². The smallest absolute Gasteiger partial charge is 0.176 e. The van der Waals surface area contributed by atoms with E-state index < -0.39 is 31.1 Å². The number of halogens is 1. The van der Waals surface area contributed by atoms with Gasteiger partial charge < -0.3 is 24.6 Å². The van der Waals surface area contributed by atoms with Gasteiger partial charge in [0, 0.05) is 10.9 Å². The second kappa shape index (κ2) is 6.72. The molecule has 0 aromatic carbocycles. The number of hydrogen-bond acceptors (Lipinski definition) is 8. The number of ether oxygens (including phenoxy) is 1. The topological polar surface area (TPSA) is 129 Å². The molecule has 3 aromatic heterocycles. The molecule has 1 saturated heterocycles. The van der Waals surface area contributed by atoms with E-state index in [0.29, 0.717) is 22.7 Å². The van der Waals surface area contributed by atoms with E-state index in [1.165, 1.54) is 24.0 Å². The largest absolute Gasteiger partial charge is 0.394 e. The van der Waals surface area contributed by atoms with Crippen molar-refractivity contribution >= 4 is 34.1 Å². The SMILES string of the molecule is N=c1ncn(Cc2cscc2Cl)c2c1ncn2[C@@H]1O[C@H](CO)[C@@H](O)[C@H]1O. The van der Waals surface area contributed by atoms with Crippen LogP contribution in [0.4, 0.5) is 0 Å². The van der Waals surface area contributed by atoms with Crippen LogP contribution in [-0.2, 0) is 11.3 Å². The summed E-state index contributed by atoms with van der Waals surface area (Å²) < 4.78 is 8.89. The van der Waals surface area contributed by atoms with Crippen molar-refractivity contribution in [1.82, 2.24) is 19.1 Å². The monoisotopic (exact) mass is 397 g/mol. The average Bonchev–Trinajstić information content (AvgIpc) is 3.31. The molecule has 26 heavy (non-hydrogen) atoms. The molecule has 3 aromatic rings. The molecule has 0 bridgehead atoms. The van der Waals surface area contributed by atoms with E-state index in [2.05, 4.69) is 9.97 Å². The maximum Gasteiger partial charge on any atom is 0.176 e. The Kier molecular flexibility index (Phi) is 4.55. The van der Waals surface area contributed by atoms with Crippen LogP contribution in [0.2, 0.25) is 5.02 Å². The van der Waals surface area contributed by atoms with E-state index in [-0.39, 0.29) is 5.49 Å². The molecule has 1 fully saturated rings. The van der Waals surface area contributed by atoms with Crippen LogP contribution in [0.1, 0.15) is 11.8 Å². The Morgan fingerprint density at radius 2 is 2.04 bits per heavy atom. The number of fused-ring (bicyclic) bond motifs is 1. The lowest BCUT2D eigenvalue weighted by atomic mass is 10.1. The first-order chi connectivity index (χ1) is 12.5. The molecular weight excluding hydrogens is 382 g/mol. The Morgan fingerprint density at radius 1 is 1.23 bits per heavy atom. The zero-order valence-electron chi connectivity index (χ0n) is 13.4. The quantitative estimate of drug-likeness (QED) is 0.493. The number of aliphatic hydroxyl groups excluding tert-OH is 3. The van der Waals surface area contributed by atoms with Crippen molar-refractivity contribution in [1.29, 1.82) is 5.41 Å². The Balaban J connectivity index is 1.83. The lowest BCUT2D eigenvalue weighted by Gasteiger charge is -2.19. The van der Waals surface area contributed by atoms with Gasteiger partial charge in [-0.15, -0.1) is 0 Å². The van der Waals surface area contributed by atoms with E-state index >= 15 is 0 Å². The van der Waals surface area contributed by atoms with Gasteiger partial charge in [0.05, 0.1) is 30.8 Å². The highest BCUT2D eigenvalue weighted by molar-refractivity contribution is 7.08. The van der Waals surface area contributed by atoms with Gasteiger partial charge in [0.2, 0.25) is 0 Å². The summed E-state index contributed by atoms with van der Waals surface area (Å²) >= 11 is 7.66. The molecule has 9 nitrogen and oxygen atoms in total. The molecule has 4 rings (SSSR count). The first-order valence-electron chi connectivity index (χ1n) is 7.81. The summed E-state index contributed by atoms with van der Waals surface area (Å²) in [7, 11) is 0. The molecule has 4 atom stereocenters. The summed E-state index contributed by atoms with van der Waals surface area (Å²) in [5.74, 6) is 0. The number of thiophene rings is 1. The molecule has 0 spiro atoms. The third-order valence-corrected chi connectivity index (χ3v) is 5.68. The van der Waals surface area contributed by atoms with Gasteiger partial charge in [-0.05, 0) is 5.38 Å². The zero-order chi connectivity index (χ0) is 18.4. The normalized spacial score (nSPS) is 26.0. The fourth-order valence-corrected chi connectivity index (χ4v) is 4.10. The molecule has 0 radical (unpaired) electrons. The van der Waals surface area contributed by atoms with Crippen molar-refractivity contribution in [2.45, 2.75) is 31.1 Å². The number of imidazole rings is 1. The van der Waals surface area contributed by atoms with Crippen molar-refractivity contribution < 1.29 is 20.1 Å². The van der Waals surface area contributed by atoms with Gasteiger partial charge in [-0.2, -0.15) is 11.3 Å². The molecular formula is C15H16ClN5O4S. The van der Waals surface area contributed by atoms with Crippen LogP contribution in [-0.4, -0.2) is 59.3 Å². The highest BCUT2D eigenvalue weighted by atomic mass is 35.5. The molecule has 0 amide bonds. The minimum atomic E-state index is -1.25. The van der Waals surface area contributed by atoms with Gasteiger partial charge in [-0.25, -0.2) is 9.97 Å². The lowest BCUT2D eigenvalue weighted by Crippen LogP contribution is -2.33. The van der Waals surface area contributed by atoms with E-state index in [1.807, 2.05) is 10.8 Å². The number of nitrogens with zero attached hydrogens (tertiary/aromatic N) is 4. The predicted molar refractivity (Wildman–Crippen MR) is 92.8 cm³/mol. The highest BCUT2D eigenvalue weighted by Crippen LogP contribution is 2.31. The molecule has 4 heterocycles. The number of hydrogen-bond donors (Lipinski definition) is 4. The second-order valence-corrected chi connectivity index (χ2v) is 7.17. The van der Waals surface area contributed by atoms with Gasteiger partial charge in [0.1, 0.15) is 29.5 Å². The summed E-state index contributed by atoms with van der Waals surface area (Å²) in [5, 5.41) is 42.0. The van der Waals surface area contributed by atoms with Crippen molar-refractivity contribution in [3.8, 4) is 0 Å². The summed E-state index contributed by atoms with van der Waals surface area (Å²) in [5.41, 5.74) is 1.70. The summed E-state index contributed by atoms with van der Waals surface area (Å²) in [6.45, 7) is -0.0241. The van der Waals surface area contributed by atoms with E-state index in [9.17, 15) is 15.3 Å². The molecule has 1 aliphatic heterocycles. The van der Waals surface area contributed by atoms with Crippen LogP contribution in [0.25, 0.3) is 11.2 Å². The maximum atomic E-state index is 10.3. The van der Waals surface area contributed by atoms with Crippen molar-refractivity contribution in [3.63, 3.8) is 0 Å². The zero-order valence-corrected chi connectivity index (χ0v) is 14.9. The molecule has 0 saturated carbocycles. The van der Waals surface area contributed by atoms with Crippen LogP contribution in [0.3, 0.4) is 0 Å². The molecule has 4 N–H and O–H groups in total. The van der Waals surface area contributed by atoms with Crippen LogP contribution < -0.4 is 5.49 Å². The second-order valence-electron chi connectivity index (χ2n) is 6.02. The van der Waals surface area contributed by atoms with Crippen LogP contribution >= 0.6 is 22.9 Å². The minimum absolute atomic E-state index is 0.0156. The summed E-state index contributed by atoms with van der Waals surface area (Å²) in [4.78, 5) is 8.26. The third kappa shape index (κ3) is 2.75. The fourth-order valence-electron chi connectivity index (χ4n) is 3.07. The summed E-state index contributed by atoms with van der Waals surface area (Å²) in [6.07, 6.45) is -1.39. The van der Waals surface area contributed by atoms with Gasteiger partial charge >= 0.3 is 0 Å². The first-order valence-corrected chi connectivity index (χ1v) is 9.13. The van der Waals surface area contributed by atoms with Crippen molar-refractivity contribution in [3.05, 3.63) is 39.5 Å². The van der Waals surface area contributed by atoms with Crippen molar-refractivity contribution in [2.24, 2.45) is 0 Å². The summed E-state index contributed by atoms with van der Waals surface area (Å²) in [6, 6.07) is 0. The number of aromatic nitrogens is 4. The maximum absolute atomic E-state index is 10.3. The van der Waals surface area contributed by atoms with Gasteiger partial charge in [-0.3, -0.25) is 9.98 Å². The van der Waals surface area contributed by atoms with E-state index in [1.54, 1.807) is 9.13 Å². The lowest BCUT2D eigenvalue weighted by molar-refractivity contribution is -0.0513. The standard InChI is InChI=1S/C15H16ClN5O4S/c16-8-4-26-3-7(8)1-20-5-19-13(17)10-14(20)21(6-18-10)15-12(24)11(23)9(2-22)25-15/h3-6,9,11-12,15,17,22-24H,1-2H2/t9-,11-,12-,15-/m1/s1. The number of aliphatic hydroxyl groups is 3. The predicted octanol–water partition coefficient (Wildman–Crippen LogP) is 0.0870. The van der Waals surface area contributed by atoms with Crippen LogP contribution in [0, 0.1) is 5.41 Å². The average molecular weight is 398 g/mol. The molecule has 138 valence electrons. The molecule has 1 aliphatic rings. The molecule has 0 unspecified atom stereocenters. The third-order valence-electron chi connectivity index (χ3n) is 4.41. The Bertz CT molecular complexity index is 1000. The number of rotatable bonds is 4. The Hall–Kier alpha value is -1.82. The van der Waals surface area contributed by atoms with Crippen LogP contribution in [0.5, 0.6) is 0 Å². The van der Waals surface area contributed by atoms with Gasteiger partial charge in [0.25, 0.3) is 0 Å². The molecule has 11 heteroatoms. The Labute approximate surface area is 156 Å². The van der Waals surface area contributed by atoms with Gasteiger partial charge in [0.15, 0.2) is 11.7 Å². The Morgan fingerprint density at radius 3 is 2.69 bits per heavy atom. The van der Waals surface area contributed by atoms with Crippen molar-refractivity contribution in [2.75, 3.05) is 6.61 Å². The minimum Gasteiger partial charge on any atom is -0.394 e. The van der Waals surface area contributed by atoms with Gasteiger partial charge in [-0.1, -0.05) is 11.6 Å². The highest BCUT2D eigenvalue weighted by Gasteiger charge is 2.44. The first kappa shape index (κ1) is 17.6. The van der Waals surface area contributed by atoms with Crippen LogP contribution in [0.15, 0.2) is 23.4 Å². The van der Waals surface area contributed by atoms with E-state index in [0.717, 1.165) is 5.56 Å². The fraction of sp³-hybridized carbons (Fsp3) is 0.400.